The van der Waals surface area contributed by atoms with Crippen LogP contribution in [-0.4, -0.2) is 31.6 Å². The number of H-pyrrole nitrogens is 1. The third-order valence-corrected chi connectivity index (χ3v) is 4.03. The number of hydrogen-bond donors (Lipinski definition) is 2. The van der Waals surface area contributed by atoms with Gasteiger partial charge in [-0.2, -0.15) is 0 Å². The highest BCUT2D eigenvalue weighted by molar-refractivity contribution is 5.93. The second-order valence-corrected chi connectivity index (χ2v) is 5.90. The van der Waals surface area contributed by atoms with E-state index in [1.54, 1.807) is 18.6 Å². The van der Waals surface area contributed by atoms with Crippen molar-refractivity contribution in [1.82, 2.24) is 24.4 Å². The molecule has 0 unspecified atom stereocenters. The zero-order valence-electron chi connectivity index (χ0n) is 14.4. The lowest BCUT2D eigenvalue weighted by atomic mass is 10.2. The summed E-state index contributed by atoms with van der Waals surface area (Å²) in [5, 5.41) is 2.64. The van der Waals surface area contributed by atoms with Crippen LogP contribution in [0, 0.1) is 5.82 Å². The van der Waals surface area contributed by atoms with Gasteiger partial charge in [0.05, 0.1) is 12.9 Å². The van der Waals surface area contributed by atoms with E-state index in [0.29, 0.717) is 19.5 Å². The minimum Gasteiger partial charge on any atom is -0.352 e. The van der Waals surface area contributed by atoms with Crippen molar-refractivity contribution in [2.24, 2.45) is 0 Å². The molecule has 0 atom stereocenters. The fraction of sp³-hybridized carbons (Fsp3) is 0.222. The number of halogens is 1. The van der Waals surface area contributed by atoms with Crippen LogP contribution >= 0.6 is 0 Å². The Morgan fingerprint density at radius 1 is 1.26 bits per heavy atom. The van der Waals surface area contributed by atoms with Gasteiger partial charge in [0, 0.05) is 37.2 Å². The molecule has 0 spiro atoms. The number of imidazole rings is 1. The van der Waals surface area contributed by atoms with Crippen molar-refractivity contribution in [2.75, 3.05) is 6.54 Å². The predicted molar refractivity (Wildman–Crippen MR) is 96.0 cm³/mol. The molecule has 3 aromatic rings. The molecule has 0 fully saturated rings. The Kier molecular flexibility index (Phi) is 5.60. The molecule has 140 valence electrons. The molecule has 2 aromatic heterocycles. The van der Waals surface area contributed by atoms with Gasteiger partial charge >= 0.3 is 5.69 Å². The number of nitrogens with zero attached hydrogens (tertiary/aromatic N) is 3. The quantitative estimate of drug-likeness (QED) is 0.598. The zero-order valence-corrected chi connectivity index (χ0v) is 14.4. The summed E-state index contributed by atoms with van der Waals surface area (Å²) in [6.07, 6.45) is 6.87. The van der Waals surface area contributed by atoms with Crippen molar-refractivity contribution >= 4 is 5.91 Å². The molecule has 0 radical (unpaired) electrons. The Morgan fingerprint density at radius 2 is 2.07 bits per heavy atom. The molecule has 8 nitrogen and oxygen atoms in total. The lowest BCUT2D eigenvalue weighted by Gasteiger charge is -2.09. The van der Waals surface area contributed by atoms with Crippen LogP contribution in [0.2, 0.25) is 0 Å². The molecule has 0 saturated carbocycles. The number of hydrogen-bond acceptors (Lipinski definition) is 4. The van der Waals surface area contributed by atoms with Gasteiger partial charge in [-0.1, -0.05) is 18.2 Å². The first-order valence-electron chi connectivity index (χ1n) is 8.36. The maximum Gasteiger partial charge on any atom is 0.328 e. The SMILES string of the molecule is O=C(NCCCn1ccnc1)c1c[nH]c(=O)n(Cc2ccccc2F)c1=O. The van der Waals surface area contributed by atoms with Crippen LogP contribution in [0.25, 0.3) is 0 Å². The summed E-state index contributed by atoms with van der Waals surface area (Å²) < 4.78 is 16.5. The van der Waals surface area contributed by atoms with E-state index in [1.165, 1.54) is 18.2 Å². The summed E-state index contributed by atoms with van der Waals surface area (Å²) in [7, 11) is 0. The highest BCUT2D eigenvalue weighted by Crippen LogP contribution is 2.06. The first kappa shape index (κ1) is 18.3. The summed E-state index contributed by atoms with van der Waals surface area (Å²) in [6, 6.07) is 5.84. The molecule has 2 heterocycles. The van der Waals surface area contributed by atoms with Crippen LogP contribution in [0.1, 0.15) is 22.3 Å². The van der Waals surface area contributed by atoms with Gasteiger partial charge in [0.2, 0.25) is 0 Å². The van der Waals surface area contributed by atoms with Gasteiger partial charge < -0.3 is 14.9 Å². The van der Waals surface area contributed by atoms with E-state index in [2.05, 4.69) is 15.3 Å². The Bertz CT molecular complexity index is 1040. The molecule has 0 aliphatic heterocycles. The lowest BCUT2D eigenvalue weighted by Crippen LogP contribution is -2.41. The maximum absolute atomic E-state index is 13.8. The average molecular weight is 371 g/mol. The van der Waals surface area contributed by atoms with Crippen molar-refractivity contribution < 1.29 is 9.18 Å². The minimum atomic E-state index is -0.769. The van der Waals surface area contributed by atoms with Gasteiger partial charge in [-0.15, -0.1) is 0 Å². The molecule has 3 rings (SSSR count). The van der Waals surface area contributed by atoms with E-state index in [4.69, 9.17) is 0 Å². The van der Waals surface area contributed by atoms with Crippen LogP contribution in [0.5, 0.6) is 0 Å². The first-order valence-corrected chi connectivity index (χ1v) is 8.36. The van der Waals surface area contributed by atoms with E-state index in [-0.39, 0.29) is 17.7 Å². The summed E-state index contributed by atoms with van der Waals surface area (Å²) in [5.41, 5.74) is -1.49. The topological polar surface area (TPSA) is 102 Å². The van der Waals surface area contributed by atoms with E-state index < -0.39 is 23.0 Å². The van der Waals surface area contributed by atoms with Gasteiger partial charge in [0.15, 0.2) is 0 Å². The Morgan fingerprint density at radius 3 is 2.81 bits per heavy atom. The molecule has 0 aliphatic carbocycles. The summed E-state index contributed by atoms with van der Waals surface area (Å²) in [6.45, 7) is 0.759. The Balaban J connectivity index is 1.70. The fourth-order valence-electron chi connectivity index (χ4n) is 2.59. The molecule has 27 heavy (non-hydrogen) atoms. The highest BCUT2D eigenvalue weighted by Gasteiger charge is 2.15. The van der Waals surface area contributed by atoms with E-state index in [0.717, 1.165) is 10.8 Å². The molecular weight excluding hydrogens is 353 g/mol. The largest absolute Gasteiger partial charge is 0.352 e. The summed E-state index contributed by atoms with van der Waals surface area (Å²) in [4.78, 5) is 43.0. The maximum atomic E-state index is 13.8. The second-order valence-electron chi connectivity index (χ2n) is 5.90. The van der Waals surface area contributed by atoms with Gasteiger partial charge in [-0.25, -0.2) is 14.2 Å². The van der Waals surface area contributed by atoms with Crippen LogP contribution in [0.15, 0.2) is 58.8 Å². The number of nitrogens with one attached hydrogen (secondary N) is 2. The number of aromatic nitrogens is 4. The summed E-state index contributed by atoms with van der Waals surface area (Å²) >= 11 is 0. The minimum absolute atomic E-state index is 0.183. The highest BCUT2D eigenvalue weighted by atomic mass is 19.1. The number of benzene rings is 1. The van der Waals surface area contributed by atoms with Crippen molar-refractivity contribution in [2.45, 2.75) is 19.5 Å². The molecular formula is C18H18FN5O3. The number of carbonyl (C=O) groups is 1. The van der Waals surface area contributed by atoms with Crippen LogP contribution in [-0.2, 0) is 13.1 Å². The van der Waals surface area contributed by atoms with Crippen molar-refractivity contribution in [1.29, 1.82) is 0 Å². The smallest absolute Gasteiger partial charge is 0.328 e. The fourth-order valence-corrected chi connectivity index (χ4v) is 2.59. The molecule has 0 saturated heterocycles. The normalized spacial score (nSPS) is 10.7. The number of rotatable bonds is 7. The number of aryl methyl sites for hydroxylation is 1. The van der Waals surface area contributed by atoms with Crippen molar-refractivity contribution in [3.05, 3.63) is 87.0 Å². The van der Waals surface area contributed by atoms with Crippen LogP contribution < -0.4 is 16.6 Å². The van der Waals surface area contributed by atoms with E-state index in [1.807, 2.05) is 10.8 Å². The molecule has 0 bridgehead atoms. The van der Waals surface area contributed by atoms with Crippen LogP contribution in [0.3, 0.4) is 0 Å². The Hall–Kier alpha value is -3.49. The van der Waals surface area contributed by atoms with Crippen molar-refractivity contribution in [3.63, 3.8) is 0 Å². The van der Waals surface area contributed by atoms with Gasteiger partial charge in [-0.3, -0.25) is 14.2 Å². The Labute approximate surface area is 153 Å². The third kappa shape index (κ3) is 4.38. The second kappa shape index (κ2) is 8.26. The predicted octanol–water partition coefficient (Wildman–Crippen LogP) is 0.741. The van der Waals surface area contributed by atoms with E-state index >= 15 is 0 Å². The van der Waals surface area contributed by atoms with E-state index in [9.17, 15) is 18.8 Å². The average Bonchev–Trinajstić information content (AvgIpc) is 3.17. The molecule has 1 aromatic carbocycles. The molecule has 9 heteroatoms. The van der Waals surface area contributed by atoms with Crippen LogP contribution in [0.4, 0.5) is 4.39 Å². The summed E-state index contributed by atoms with van der Waals surface area (Å²) in [5.74, 6) is -1.12. The number of carbonyl (C=O) groups excluding carboxylic acids is 1. The molecule has 1 amide bonds. The van der Waals surface area contributed by atoms with Gasteiger partial charge in [0.25, 0.3) is 11.5 Å². The molecule has 2 N–H and O–H groups in total. The van der Waals surface area contributed by atoms with Gasteiger partial charge in [-0.05, 0) is 12.5 Å². The zero-order chi connectivity index (χ0) is 19.2. The standard InChI is InChI=1S/C18H18FN5O3/c19-15-5-2-1-4-13(15)11-24-17(26)14(10-22-18(24)27)16(25)21-6-3-8-23-9-7-20-12-23/h1-2,4-5,7,9-10,12H,3,6,8,11H2,(H,21,25)(H,22,27). The third-order valence-electron chi connectivity index (χ3n) is 4.03. The van der Waals surface area contributed by atoms with Gasteiger partial charge in [0.1, 0.15) is 11.4 Å². The van der Waals surface area contributed by atoms with Crippen molar-refractivity contribution in [3.8, 4) is 0 Å². The number of aromatic amines is 1. The first-order chi connectivity index (χ1) is 13.1. The monoisotopic (exact) mass is 371 g/mol. The number of amides is 1. The lowest BCUT2D eigenvalue weighted by molar-refractivity contribution is 0.0950. The molecule has 0 aliphatic rings.